The van der Waals surface area contributed by atoms with Crippen LogP contribution in [-0.4, -0.2) is 34.5 Å². The van der Waals surface area contributed by atoms with Crippen LogP contribution in [0, 0.1) is 12.8 Å². The summed E-state index contributed by atoms with van der Waals surface area (Å²) in [5, 5.41) is 9.13. The number of amides is 1. The minimum absolute atomic E-state index is 0.0816. The highest BCUT2D eigenvalue weighted by Crippen LogP contribution is 2.25. The van der Waals surface area contributed by atoms with E-state index >= 15 is 0 Å². The fourth-order valence-electron chi connectivity index (χ4n) is 2.48. The molecule has 2 atom stereocenters. The molecule has 1 saturated heterocycles. The van der Waals surface area contributed by atoms with E-state index in [4.69, 9.17) is 5.11 Å². The first-order chi connectivity index (χ1) is 9.40. The molecule has 1 N–H and O–H groups in total. The van der Waals surface area contributed by atoms with Gasteiger partial charge in [0.05, 0.1) is 5.92 Å². The molecule has 5 heteroatoms. The molecule has 1 aliphatic heterocycles. The summed E-state index contributed by atoms with van der Waals surface area (Å²) < 4.78 is 0.891. The number of aliphatic carboxylic acids is 1. The molecule has 1 fully saturated rings. The van der Waals surface area contributed by atoms with Gasteiger partial charge in [-0.2, -0.15) is 0 Å². The van der Waals surface area contributed by atoms with Crippen molar-refractivity contribution in [2.24, 2.45) is 5.92 Å². The van der Waals surface area contributed by atoms with Gasteiger partial charge in [-0.1, -0.05) is 22.0 Å². The first kappa shape index (κ1) is 15.0. The Balaban J connectivity index is 2.21. The predicted octanol–water partition coefficient (Wildman–Crippen LogP) is 3.08. The Hall–Kier alpha value is -1.36. The van der Waals surface area contributed by atoms with Gasteiger partial charge in [-0.3, -0.25) is 9.59 Å². The fraction of sp³-hybridized carbons (Fsp3) is 0.467. The van der Waals surface area contributed by atoms with Crippen LogP contribution >= 0.6 is 15.9 Å². The zero-order valence-electron chi connectivity index (χ0n) is 11.6. The van der Waals surface area contributed by atoms with E-state index in [2.05, 4.69) is 15.9 Å². The van der Waals surface area contributed by atoms with Gasteiger partial charge in [0.15, 0.2) is 0 Å². The second kappa shape index (κ2) is 5.95. The predicted molar refractivity (Wildman–Crippen MR) is 79.7 cm³/mol. The van der Waals surface area contributed by atoms with Crippen molar-refractivity contribution in [3.8, 4) is 0 Å². The topological polar surface area (TPSA) is 57.6 Å². The molecule has 1 aromatic rings. The number of carboxylic acid groups (broad SMARTS) is 1. The molecule has 0 radical (unpaired) electrons. The molecule has 1 amide bonds. The second-order valence-corrected chi connectivity index (χ2v) is 6.24. The van der Waals surface area contributed by atoms with Gasteiger partial charge in [0.1, 0.15) is 0 Å². The Morgan fingerprint density at radius 1 is 1.35 bits per heavy atom. The maximum atomic E-state index is 12.6. The molecule has 20 heavy (non-hydrogen) atoms. The molecule has 0 aliphatic carbocycles. The smallest absolute Gasteiger partial charge is 0.308 e. The lowest BCUT2D eigenvalue weighted by Crippen LogP contribution is -2.47. The summed E-state index contributed by atoms with van der Waals surface area (Å²) >= 11 is 3.42. The minimum atomic E-state index is -0.820. The van der Waals surface area contributed by atoms with E-state index < -0.39 is 11.9 Å². The van der Waals surface area contributed by atoms with Gasteiger partial charge in [-0.15, -0.1) is 0 Å². The van der Waals surface area contributed by atoms with Gasteiger partial charge in [0.2, 0.25) is 0 Å². The van der Waals surface area contributed by atoms with E-state index in [9.17, 15) is 9.59 Å². The molecule has 108 valence electrons. The van der Waals surface area contributed by atoms with Gasteiger partial charge in [0, 0.05) is 22.6 Å². The van der Waals surface area contributed by atoms with Crippen LogP contribution in [0.4, 0.5) is 0 Å². The lowest BCUT2D eigenvalue weighted by atomic mass is 9.93. The summed E-state index contributed by atoms with van der Waals surface area (Å²) in [5.74, 6) is -1.37. The third-order valence-corrected chi connectivity index (χ3v) is 4.77. The number of nitrogens with zero attached hydrogens (tertiary/aromatic N) is 1. The van der Waals surface area contributed by atoms with Crippen molar-refractivity contribution in [1.29, 1.82) is 0 Å². The molecule has 2 unspecified atom stereocenters. The van der Waals surface area contributed by atoms with E-state index in [1.807, 2.05) is 19.9 Å². The Morgan fingerprint density at radius 3 is 2.65 bits per heavy atom. The number of hydrogen-bond acceptors (Lipinski definition) is 2. The van der Waals surface area contributed by atoms with Crippen molar-refractivity contribution >= 4 is 27.8 Å². The van der Waals surface area contributed by atoms with E-state index in [0.29, 0.717) is 18.5 Å². The molecule has 0 spiro atoms. The molecule has 0 aromatic heterocycles. The van der Waals surface area contributed by atoms with Crippen LogP contribution in [0.5, 0.6) is 0 Å². The van der Waals surface area contributed by atoms with Crippen LogP contribution in [0.3, 0.4) is 0 Å². The number of aryl methyl sites for hydroxylation is 1. The number of rotatable bonds is 2. The lowest BCUT2D eigenvalue weighted by Gasteiger charge is -2.36. The van der Waals surface area contributed by atoms with E-state index in [1.165, 1.54) is 0 Å². The number of carbonyl (C=O) groups is 2. The highest BCUT2D eigenvalue weighted by Gasteiger charge is 2.32. The molecule has 0 saturated carbocycles. The number of likely N-dealkylation sites (tertiary alicyclic amines) is 1. The van der Waals surface area contributed by atoms with E-state index in [-0.39, 0.29) is 11.9 Å². The number of benzene rings is 1. The molecule has 1 heterocycles. The molecule has 2 rings (SSSR count). The van der Waals surface area contributed by atoms with Crippen LogP contribution in [0.25, 0.3) is 0 Å². The summed E-state index contributed by atoms with van der Waals surface area (Å²) in [4.78, 5) is 25.4. The Kier molecular flexibility index (Phi) is 4.48. The summed E-state index contributed by atoms with van der Waals surface area (Å²) in [7, 11) is 0. The van der Waals surface area contributed by atoms with Gasteiger partial charge >= 0.3 is 5.97 Å². The van der Waals surface area contributed by atoms with E-state index in [1.54, 1.807) is 17.0 Å². The van der Waals surface area contributed by atoms with Crippen LogP contribution in [-0.2, 0) is 4.79 Å². The van der Waals surface area contributed by atoms with Gasteiger partial charge in [-0.25, -0.2) is 0 Å². The molecule has 1 aromatic carbocycles. The number of halogens is 1. The summed E-state index contributed by atoms with van der Waals surface area (Å²) in [6, 6.07) is 5.56. The van der Waals surface area contributed by atoms with Crippen LogP contribution in [0.2, 0.25) is 0 Å². The Morgan fingerprint density at radius 2 is 2.05 bits per heavy atom. The van der Waals surface area contributed by atoms with Gasteiger partial charge in [0.25, 0.3) is 5.91 Å². The fourth-order valence-corrected chi connectivity index (χ4v) is 2.86. The zero-order chi connectivity index (χ0) is 14.9. The lowest BCUT2D eigenvalue weighted by molar-refractivity contribution is -0.143. The van der Waals surface area contributed by atoms with Crippen molar-refractivity contribution in [1.82, 2.24) is 4.90 Å². The minimum Gasteiger partial charge on any atom is -0.481 e. The molecular formula is C15H18BrNO3. The second-order valence-electron chi connectivity index (χ2n) is 5.38. The monoisotopic (exact) mass is 339 g/mol. The zero-order valence-corrected chi connectivity index (χ0v) is 13.2. The van der Waals surface area contributed by atoms with Crippen molar-refractivity contribution < 1.29 is 14.7 Å². The highest BCUT2D eigenvalue weighted by atomic mass is 79.9. The Bertz CT molecular complexity index is 544. The quantitative estimate of drug-likeness (QED) is 0.900. The maximum absolute atomic E-state index is 12.6. The van der Waals surface area contributed by atoms with Crippen molar-refractivity contribution in [2.75, 3.05) is 6.54 Å². The molecule has 0 bridgehead atoms. The number of piperidine rings is 1. The first-order valence-corrected chi connectivity index (χ1v) is 7.49. The number of hydrogen-bond donors (Lipinski definition) is 1. The van der Waals surface area contributed by atoms with Crippen molar-refractivity contribution in [3.63, 3.8) is 0 Å². The van der Waals surface area contributed by atoms with E-state index in [0.717, 1.165) is 16.5 Å². The molecular weight excluding hydrogens is 322 g/mol. The number of carboxylic acids is 1. The summed E-state index contributed by atoms with van der Waals surface area (Å²) in [6.45, 7) is 4.22. The van der Waals surface area contributed by atoms with Gasteiger partial charge < -0.3 is 10.0 Å². The van der Waals surface area contributed by atoms with Crippen LogP contribution < -0.4 is 0 Å². The highest BCUT2D eigenvalue weighted by molar-refractivity contribution is 9.10. The van der Waals surface area contributed by atoms with Crippen LogP contribution in [0.15, 0.2) is 22.7 Å². The number of carbonyl (C=O) groups excluding carboxylic acids is 1. The summed E-state index contributed by atoms with van der Waals surface area (Å²) in [5.41, 5.74) is 1.66. The average molecular weight is 340 g/mol. The van der Waals surface area contributed by atoms with Crippen molar-refractivity contribution in [2.45, 2.75) is 32.7 Å². The summed E-state index contributed by atoms with van der Waals surface area (Å²) in [6.07, 6.45) is 1.37. The SMILES string of the molecule is Cc1ccc(C(=O)N2CC(C(=O)O)CCC2C)cc1Br. The Labute approximate surface area is 126 Å². The standard InChI is InChI=1S/C15H18BrNO3/c1-9-3-5-11(7-13(9)16)14(18)17-8-12(15(19)20)6-4-10(17)2/h3,5,7,10,12H,4,6,8H2,1-2H3,(H,19,20). The largest absolute Gasteiger partial charge is 0.481 e. The van der Waals surface area contributed by atoms with Crippen LogP contribution in [0.1, 0.15) is 35.7 Å². The first-order valence-electron chi connectivity index (χ1n) is 6.70. The van der Waals surface area contributed by atoms with Crippen molar-refractivity contribution in [3.05, 3.63) is 33.8 Å². The third kappa shape index (κ3) is 3.03. The van der Waals surface area contributed by atoms with Gasteiger partial charge in [-0.05, 0) is 44.4 Å². The third-order valence-electron chi connectivity index (χ3n) is 3.91. The molecule has 4 nitrogen and oxygen atoms in total. The average Bonchev–Trinajstić information content (AvgIpc) is 2.41. The maximum Gasteiger partial charge on any atom is 0.308 e. The molecule has 1 aliphatic rings. The normalized spacial score (nSPS) is 22.6.